The first-order chi connectivity index (χ1) is 19.0. The molecule has 12 heteroatoms. The number of carbonyl (C=O) groups is 3. The van der Waals surface area contributed by atoms with E-state index in [0.717, 1.165) is 35.3 Å². The van der Waals surface area contributed by atoms with E-state index in [-0.39, 0.29) is 35.0 Å². The van der Waals surface area contributed by atoms with Gasteiger partial charge in [-0.1, -0.05) is 89.9 Å². The summed E-state index contributed by atoms with van der Waals surface area (Å²) in [5.41, 5.74) is 2.08. The molecule has 0 atom stereocenters. The molecule has 0 aliphatic carbocycles. The summed E-state index contributed by atoms with van der Waals surface area (Å²) in [5.74, 6) is -0.388. The van der Waals surface area contributed by atoms with E-state index in [0.29, 0.717) is 32.5 Å². The minimum absolute atomic E-state index is 0.0795. The van der Waals surface area contributed by atoms with E-state index in [2.05, 4.69) is 30.9 Å². The van der Waals surface area contributed by atoms with Crippen LogP contribution >= 0.6 is 35.3 Å². The molecule has 0 aliphatic rings. The minimum Gasteiger partial charge on any atom is -0.325 e. The molecule has 0 spiro atoms. The number of thioether (sulfide) groups is 3. The summed E-state index contributed by atoms with van der Waals surface area (Å²) in [6, 6.07) is 27.4. The first kappa shape index (κ1) is 28.1. The van der Waals surface area contributed by atoms with Crippen molar-refractivity contribution in [2.45, 2.75) is 15.5 Å². The van der Waals surface area contributed by atoms with Crippen LogP contribution in [0.4, 0.5) is 17.1 Å². The van der Waals surface area contributed by atoms with Crippen molar-refractivity contribution in [3.05, 3.63) is 91.0 Å². The Morgan fingerprint density at radius 2 is 0.718 bits per heavy atom. The fourth-order valence-corrected chi connectivity index (χ4v) is 5.14. The van der Waals surface area contributed by atoms with Gasteiger partial charge in [-0.25, -0.2) is 0 Å². The summed E-state index contributed by atoms with van der Waals surface area (Å²) in [4.78, 5) is 50.5. The molecule has 0 unspecified atom stereocenters. The van der Waals surface area contributed by atoms with Crippen LogP contribution < -0.4 is 16.0 Å². The molecule has 0 saturated carbocycles. The van der Waals surface area contributed by atoms with Crippen LogP contribution in [0.1, 0.15) is 0 Å². The maximum Gasteiger partial charge on any atom is 0.234 e. The Morgan fingerprint density at radius 1 is 0.462 bits per heavy atom. The van der Waals surface area contributed by atoms with E-state index in [4.69, 9.17) is 0 Å². The van der Waals surface area contributed by atoms with Crippen molar-refractivity contribution in [3.8, 4) is 0 Å². The smallest absolute Gasteiger partial charge is 0.234 e. The van der Waals surface area contributed by atoms with Crippen molar-refractivity contribution < 1.29 is 14.4 Å². The third-order valence-corrected chi connectivity index (χ3v) is 7.29. The molecule has 39 heavy (non-hydrogen) atoms. The summed E-state index contributed by atoms with van der Waals surface area (Å²) in [6.45, 7) is 0. The van der Waals surface area contributed by atoms with Gasteiger partial charge in [0.25, 0.3) is 0 Å². The molecule has 0 radical (unpaired) electrons. The van der Waals surface area contributed by atoms with E-state index < -0.39 is 0 Å². The Morgan fingerprint density at radius 3 is 0.974 bits per heavy atom. The lowest BCUT2D eigenvalue weighted by Gasteiger charge is -2.08. The number of rotatable bonds is 12. The van der Waals surface area contributed by atoms with Crippen molar-refractivity contribution >= 4 is 70.1 Å². The van der Waals surface area contributed by atoms with Gasteiger partial charge in [0.1, 0.15) is 0 Å². The van der Waals surface area contributed by atoms with Gasteiger partial charge in [-0.15, -0.1) is 0 Å². The summed E-state index contributed by atoms with van der Waals surface area (Å²) in [7, 11) is 0. The van der Waals surface area contributed by atoms with E-state index in [1.807, 2.05) is 54.6 Å². The molecule has 4 aromatic rings. The lowest BCUT2D eigenvalue weighted by Crippen LogP contribution is -2.16. The molecule has 3 amide bonds. The van der Waals surface area contributed by atoms with E-state index >= 15 is 0 Å². The Hall–Kier alpha value is -3.87. The molecule has 1 heterocycles. The highest BCUT2D eigenvalue weighted by Gasteiger charge is 2.14. The molecule has 3 aromatic carbocycles. The number of carbonyl (C=O) groups excluding carboxylic acids is 3. The van der Waals surface area contributed by atoms with Crippen LogP contribution in [0, 0.1) is 0 Å². The number of nitrogens with zero attached hydrogens (tertiary/aromatic N) is 3. The predicted molar refractivity (Wildman–Crippen MR) is 157 cm³/mol. The Balaban J connectivity index is 1.39. The number of nitrogens with one attached hydrogen (secondary N) is 3. The van der Waals surface area contributed by atoms with E-state index in [1.54, 1.807) is 36.4 Å². The number of hydrogen-bond acceptors (Lipinski definition) is 9. The number of benzene rings is 3. The highest BCUT2D eigenvalue weighted by Crippen LogP contribution is 2.24. The van der Waals surface area contributed by atoms with Gasteiger partial charge in [0.05, 0.1) is 17.3 Å². The highest BCUT2D eigenvalue weighted by atomic mass is 32.2. The average molecular weight is 577 g/mol. The SMILES string of the molecule is O=C(CSc1nc(SCC(=O)Nc2ccccc2)nc(SCC(=O)Nc2ccccc2)n1)Nc1ccccc1. The van der Waals surface area contributed by atoms with Gasteiger partial charge in [-0.3, -0.25) is 14.4 Å². The third kappa shape index (κ3) is 10.1. The largest absolute Gasteiger partial charge is 0.325 e. The second-order valence-electron chi connectivity index (χ2n) is 7.79. The topological polar surface area (TPSA) is 126 Å². The van der Waals surface area contributed by atoms with E-state index in [1.165, 1.54) is 0 Å². The minimum atomic E-state index is -0.209. The quantitative estimate of drug-likeness (QED) is 0.198. The van der Waals surface area contributed by atoms with Gasteiger partial charge in [0.2, 0.25) is 17.7 Å². The first-order valence-corrected chi connectivity index (χ1v) is 14.7. The molecule has 1 aromatic heterocycles. The molecule has 0 saturated heterocycles. The van der Waals surface area contributed by atoms with Crippen molar-refractivity contribution in [1.29, 1.82) is 0 Å². The van der Waals surface area contributed by atoms with Gasteiger partial charge in [0.15, 0.2) is 15.5 Å². The fourth-order valence-electron chi connectivity index (χ4n) is 3.06. The molecular weight excluding hydrogens is 553 g/mol. The van der Waals surface area contributed by atoms with Crippen molar-refractivity contribution in [2.75, 3.05) is 33.2 Å². The summed E-state index contributed by atoms with van der Waals surface area (Å²) < 4.78 is 0. The van der Waals surface area contributed by atoms with Crippen LogP contribution in [0.3, 0.4) is 0 Å². The molecule has 0 fully saturated rings. The van der Waals surface area contributed by atoms with Crippen molar-refractivity contribution in [2.24, 2.45) is 0 Å². The molecule has 9 nitrogen and oxygen atoms in total. The second kappa shape index (κ2) is 14.9. The van der Waals surface area contributed by atoms with Gasteiger partial charge in [0, 0.05) is 17.1 Å². The van der Waals surface area contributed by atoms with Crippen molar-refractivity contribution in [3.63, 3.8) is 0 Å². The highest BCUT2D eigenvalue weighted by molar-refractivity contribution is 8.01. The molecule has 198 valence electrons. The Bertz CT molecular complexity index is 1210. The fraction of sp³-hybridized carbons (Fsp3) is 0.111. The van der Waals surface area contributed by atoms with Crippen LogP contribution in [-0.2, 0) is 14.4 Å². The zero-order valence-corrected chi connectivity index (χ0v) is 23.0. The van der Waals surface area contributed by atoms with Crippen LogP contribution in [-0.4, -0.2) is 49.9 Å². The number of amides is 3. The van der Waals surface area contributed by atoms with Crippen LogP contribution in [0.15, 0.2) is 106 Å². The maximum atomic E-state index is 12.4. The van der Waals surface area contributed by atoms with Gasteiger partial charge < -0.3 is 16.0 Å². The van der Waals surface area contributed by atoms with Crippen molar-refractivity contribution in [1.82, 2.24) is 15.0 Å². The third-order valence-electron chi connectivity index (χ3n) is 4.74. The lowest BCUT2D eigenvalue weighted by atomic mass is 10.3. The van der Waals surface area contributed by atoms with Crippen LogP contribution in [0.2, 0.25) is 0 Å². The molecular formula is C27H24N6O3S3. The summed E-state index contributed by atoms with van der Waals surface area (Å²) >= 11 is 3.44. The number of hydrogen-bond donors (Lipinski definition) is 3. The van der Waals surface area contributed by atoms with E-state index in [9.17, 15) is 14.4 Å². The van der Waals surface area contributed by atoms with Crippen LogP contribution in [0.25, 0.3) is 0 Å². The molecule has 3 N–H and O–H groups in total. The number of aromatic nitrogens is 3. The number of para-hydroxylation sites is 3. The zero-order valence-electron chi connectivity index (χ0n) is 20.6. The normalized spacial score (nSPS) is 10.5. The molecule has 0 bridgehead atoms. The monoisotopic (exact) mass is 576 g/mol. The predicted octanol–water partition coefficient (Wildman–Crippen LogP) is 5.06. The summed E-state index contributed by atoms with van der Waals surface area (Å²) in [6.07, 6.45) is 0. The Labute approximate surface area is 238 Å². The van der Waals surface area contributed by atoms with Crippen LogP contribution in [0.5, 0.6) is 0 Å². The Kier molecular flexibility index (Phi) is 10.8. The standard InChI is InChI=1S/C27H24N6O3S3/c34-22(28-19-10-4-1-5-11-19)16-37-25-31-26(38-17-23(35)29-20-12-6-2-7-13-20)33-27(32-25)39-18-24(36)30-21-14-8-3-9-15-21/h1-15H,16-18H2,(H,28,34)(H,29,35)(H,30,36). The first-order valence-electron chi connectivity index (χ1n) is 11.7. The molecule has 4 rings (SSSR count). The maximum absolute atomic E-state index is 12.4. The second-order valence-corrected chi connectivity index (χ2v) is 10.6. The van der Waals surface area contributed by atoms with Gasteiger partial charge in [-0.2, -0.15) is 15.0 Å². The van der Waals surface area contributed by atoms with Gasteiger partial charge >= 0.3 is 0 Å². The number of anilines is 3. The average Bonchev–Trinajstić information content (AvgIpc) is 2.95. The lowest BCUT2D eigenvalue weighted by molar-refractivity contribution is -0.114. The summed E-state index contributed by atoms with van der Waals surface area (Å²) in [5, 5.41) is 9.43. The van der Waals surface area contributed by atoms with Gasteiger partial charge in [-0.05, 0) is 36.4 Å². The molecule has 0 aliphatic heterocycles. The zero-order chi connectivity index (χ0) is 27.3.